The first-order chi connectivity index (χ1) is 13.5. The number of aromatic nitrogens is 1. The van der Waals surface area contributed by atoms with E-state index in [0.717, 1.165) is 29.4 Å². The van der Waals surface area contributed by atoms with Crippen molar-refractivity contribution in [1.82, 2.24) is 9.47 Å². The Bertz CT molecular complexity index is 976. The SMILES string of the molecule is CCCn1c(C(=O)N(C)Cc2ccc(OCC(=O)O)cc2)cc2ccccc21. The number of carbonyl (C=O) groups excluding carboxylic acids is 1. The van der Waals surface area contributed by atoms with Crippen molar-refractivity contribution in [2.45, 2.75) is 26.4 Å². The van der Waals surface area contributed by atoms with E-state index in [1.54, 1.807) is 24.1 Å². The van der Waals surface area contributed by atoms with Gasteiger partial charge in [0.2, 0.25) is 0 Å². The average molecular weight is 380 g/mol. The molecule has 3 aromatic rings. The van der Waals surface area contributed by atoms with Crippen molar-refractivity contribution >= 4 is 22.8 Å². The van der Waals surface area contributed by atoms with E-state index in [-0.39, 0.29) is 12.5 Å². The number of carboxylic acid groups (broad SMARTS) is 1. The standard InChI is InChI=1S/C22H24N2O4/c1-3-12-24-19-7-5-4-6-17(19)13-20(24)22(27)23(2)14-16-8-10-18(11-9-16)28-15-21(25)26/h4-11,13H,3,12,14-15H2,1-2H3,(H,25,26). The van der Waals surface area contributed by atoms with Gasteiger partial charge >= 0.3 is 5.97 Å². The molecule has 28 heavy (non-hydrogen) atoms. The normalized spacial score (nSPS) is 10.8. The summed E-state index contributed by atoms with van der Waals surface area (Å²) in [6.07, 6.45) is 0.945. The van der Waals surface area contributed by atoms with Gasteiger partial charge < -0.3 is 19.3 Å². The molecule has 1 amide bonds. The summed E-state index contributed by atoms with van der Waals surface area (Å²) in [6, 6.07) is 17.1. The zero-order valence-electron chi connectivity index (χ0n) is 16.1. The minimum Gasteiger partial charge on any atom is -0.482 e. The largest absolute Gasteiger partial charge is 0.482 e. The second kappa shape index (κ2) is 8.61. The molecule has 146 valence electrons. The molecule has 0 bridgehead atoms. The fourth-order valence-electron chi connectivity index (χ4n) is 3.23. The first-order valence-corrected chi connectivity index (χ1v) is 9.27. The zero-order valence-corrected chi connectivity index (χ0v) is 16.1. The van der Waals surface area contributed by atoms with Crippen molar-refractivity contribution in [3.63, 3.8) is 0 Å². The second-order valence-electron chi connectivity index (χ2n) is 6.73. The number of aryl methyl sites for hydroxylation is 1. The van der Waals surface area contributed by atoms with E-state index < -0.39 is 5.97 Å². The minimum atomic E-state index is -1.02. The van der Waals surface area contributed by atoms with Crippen LogP contribution in [0.2, 0.25) is 0 Å². The Kier molecular flexibility index (Phi) is 5.99. The number of benzene rings is 2. The number of rotatable bonds is 8. The van der Waals surface area contributed by atoms with Crippen molar-refractivity contribution in [3.8, 4) is 5.75 Å². The molecular formula is C22H24N2O4. The van der Waals surface area contributed by atoms with Crippen LogP contribution in [0, 0.1) is 0 Å². The van der Waals surface area contributed by atoms with Crippen LogP contribution in [-0.4, -0.2) is 40.1 Å². The maximum atomic E-state index is 13.1. The van der Waals surface area contributed by atoms with Crippen LogP contribution in [-0.2, 0) is 17.9 Å². The number of fused-ring (bicyclic) bond motifs is 1. The highest BCUT2D eigenvalue weighted by molar-refractivity contribution is 5.98. The van der Waals surface area contributed by atoms with Crippen LogP contribution in [0.4, 0.5) is 0 Å². The van der Waals surface area contributed by atoms with Gasteiger partial charge in [-0.2, -0.15) is 0 Å². The second-order valence-corrected chi connectivity index (χ2v) is 6.73. The van der Waals surface area contributed by atoms with Gasteiger partial charge in [0, 0.05) is 31.0 Å². The number of carbonyl (C=O) groups is 2. The molecule has 1 N–H and O–H groups in total. The highest BCUT2D eigenvalue weighted by Gasteiger charge is 2.18. The molecular weight excluding hydrogens is 356 g/mol. The Morgan fingerprint density at radius 2 is 1.82 bits per heavy atom. The minimum absolute atomic E-state index is 0.0316. The molecule has 0 spiro atoms. The van der Waals surface area contributed by atoms with E-state index in [1.807, 2.05) is 42.5 Å². The predicted molar refractivity (Wildman–Crippen MR) is 108 cm³/mol. The van der Waals surface area contributed by atoms with E-state index in [9.17, 15) is 9.59 Å². The van der Waals surface area contributed by atoms with Crippen LogP contribution >= 0.6 is 0 Å². The van der Waals surface area contributed by atoms with Crippen molar-refractivity contribution in [3.05, 3.63) is 65.9 Å². The van der Waals surface area contributed by atoms with Crippen LogP contribution < -0.4 is 4.74 Å². The summed E-state index contributed by atoms with van der Waals surface area (Å²) in [4.78, 5) is 25.3. The van der Waals surface area contributed by atoms with Gasteiger partial charge in [-0.05, 0) is 36.2 Å². The molecule has 0 saturated carbocycles. The van der Waals surface area contributed by atoms with Gasteiger partial charge in [0.1, 0.15) is 11.4 Å². The summed E-state index contributed by atoms with van der Waals surface area (Å²) in [5, 5.41) is 9.72. The van der Waals surface area contributed by atoms with Crippen LogP contribution in [0.5, 0.6) is 5.75 Å². The molecule has 1 aromatic heterocycles. The third kappa shape index (κ3) is 4.34. The van der Waals surface area contributed by atoms with Crippen LogP contribution in [0.15, 0.2) is 54.6 Å². The molecule has 2 aromatic carbocycles. The number of para-hydroxylation sites is 1. The third-order valence-electron chi connectivity index (χ3n) is 4.53. The molecule has 6 heteroatoms. The molecule has 3 rings (SSSR count). The molecule has 0 fully saturated rings. The van der Waals surface area contributed by atoms with E-state index in [1.165, 1.54) is 0 Å². The smallest absolute Gasteiger partial charge is 0.341 e. The fourth-order valence-corrected chi connectivity index (χ4v) is 3.23. The summed E-state index contributed by atoms with van der Waals surface area (Å²) < 4.78 is 7.22. The van der Waals surface area contributed by atoms with Gasteiger partial charge in [-0.3, -0.25) is 4.79 Å². The topological polar surface area (TPSA) is 71.8 Å². The lowest BCUT2D eigenvalue weighted by molar-refractivity contribution is -0.139. The summed E-state index contributed by atoms with van der Waals surface area (Å²) in [5.41, 5.74) is 2.70. The van der Waals surface area contributed by atoms with Crippen LogP contribution in [0.3, 0.4) is 0 Å². The molecule has 0 atom stereocenters. The number of amides is 1. The third-order valence-corrected chi connectivity index (χ3v) is 4.53. The molecule has 0 aliphatic heterocycles. The Morgan fingerprint density at radius 3 is 2.50 bits per heavy atom. The number of aliphatic carboxylic acids is 1. The summed E-state index contributed by atoms with van der Waals surface area (Å²) in [7, 11) is 1.78. The maximum Gasteiger partial charge on any atom is 0.341 e. The number of hydrogen-bond donors (Lipinski definition) is 1. The molecule has 1 heterocycles. The quantitative estimate of drug-likeness (QED) is 0.645. The van der Waals surface area contributed by atoms with Crippen molar-refractivity contribution in [2.75, 3.05) is 13.7 Å². The average Bonchev–Trinajstić information content (AvgIpc) is 3.05. The van der Waals surface area contributed by atoms with Gasteiger partial charge in [0.05, 0.1) is 0 Å². The zero-order chi connectivity index (χ0) is 20.1. The Labute approximate surface area is 163 Å². The first kappa shape index (κ1) is 19.5. The van der Waals surface area contributed by atoms with Crippen molar-refractivity contribution < 1.29 is 19.4 Å². The number of carboxylic acids is 1. The number of hydrogen-bond acceptors (Lipinski definition) is 3. The molecule has 0 unspecified atom stereocenters. The highest BCUT2D eigenvalue weighted by Crippen LogP contribution is 2.22. The van der Waals surface area contributed by atoms with Gasteiger partial charge in [0.15, 0.2) is 6.61 Å². The van der Waals surface area contributed by atoms with E-state index >= 15 is 0 Å². The Hall–Kier alpha value is -3.28. The first-order valence-electron chi connectivity index (χ1n) is 9.27. The Morgan fingerprint density at radius 1 is 1.11 bits per heavy atom. The lowest BCUT2D eigenvalue weighted by atomic mass is 10.2. The van der Waals surface area contributed by atoms with Gasteiger partial charge in [-0.1, -0.05) is 37.3 Å². The predicted octanol–water partition coefficient (Wildman–Crippen LogP) is 3.79. The van der Waals surface area contributed by atoms with Crippen LogP contribution in [0.1, 0.15) is 29.4 Å². The van der Waals surface area contributed by atoms with Crippen LogP contribution in [0.25, 0.3) is 10.9 Å². The molecule has 6 nitrogen and oxygen atoms in total. The van der Waals surface area contributed by atoms with Gasteiger partial charge in [-0.15, -0.1) is 0 Å². The molecule has 0 saturated heterocycles. The molecule has 0 aliphatic carbocycles. The Balaban J connectivity index is 1.75. The van der Waals surface area contributed by atoms with Gasteiger partial charge in [-0.25, -0.2) is 4.79 Å². The number of ether oxygens (including phenoxy) is 1. The van der Waals surface area contributed by atoms with Crippen molar-refractivity contribution in [2.24, 2.45) is 0 Å². The van der Waals surface area contributed by atoms with Gasteiger partial charge in [0.25, 0.3) is 5.91 Å². The number of nitrogens with zero attached hydrogens (tertiary/aromatic N) is 2. The lowest BCUT2D eigenvalue weighted by Gasteiger charge is -2.19. The summed E-state index contributed by atoms with van der Waals surface area (Å²) in [6.45, 7) is 2.96. The molecule has 0 aliphatic rings. The highest BCUT2D eigenvalue weighted by atomic mass is 16.5. The molecule has 0 radical (unpaired) electrons. The maximum absolute atomic E-state index is 13.1. The summed E-state index contributed by atoms with van der Waals surface area (Å²) in [5.74, 6) is -0.559. The lowest BCUT2D eigenvalue weighted by Crippen LogP contribution is -2.28. The van der Waals surface area contributed by atoms with E-state index in [0.29, 0.717) is 18.0 Å². The fraction of sp³-hybridized carbons (Fsp3) is 0.273. The summed E-state index contributed by atoms with van der Waals surface area (Å²) >= 11 is 0. The van der Waals surface area contributed by atoms with E-state index in [4.69, 9.17) is 9.84 Å². The monoisotopic (exact) mass is 380 g/mol. The van der Waals surface area contributed by atoms with Crippen molar-refractivity contribution in [1.29, 1.82) is 0 Å². The van der Waals surface area contributed by atoms with E-state index in [2.05, 4.69) is 11.5 Å².